The molecule has 0 spiro atoms. The number of nitrogens with zero attached hydrogens (tertiary/aromatic N) is 4. The standard InChI is InChI=1S/C27H34N6O7S/c1-32-22(26(34)33(12-14-38-2)13-15-39-3)17-24(30-32)41(36,37)31-27(35)29-25-20-7-5-6-18(20)8-9-21(25)19-10-11-28-23(16-19)40-4/h8-11,16-17H,5-7,12-15H2,1-4H3,(H2,29,31,35). The first-order valence-electron chi connectivity index (χ1n) is 13.0. The maximum atomic E-state index is 13.2. The molecule has 1 aliphatic rings. The van der Waals surface area contributed by atoms with Crippen LogP contribution >= 0.6 is 0 Å². The highest BCUT2D eigenvalue weighted by Crippen LogP contribution is 2.38. The first-order chi connectivity index (χ1) is 19.7. The van der Waals surface area contributed by atoms with Gasteiger partial charge in [0.05, 0.1) is 26.0 Å². The summed E-state index contributed by atoms with van der Waals surface area (Å²) in [5.74, 6) is -0.0400. The fourth-order valence-corrected chi connectivity index (χ4v) is 5.60. The van der Waals surface area contributed by atoms with Crippen LogP contribution in [-0.4, -0.2) is 87.7 Å². The molecule has 4 rings (SSSR count). The molecule has 13 nitrogen and oxygen atoms in total. The zero-order chi connectivity index (χ0) is 29.6. The van der Waals surface area contributed by atoms with E-state index in [1.165, 1.54) is 38.0 Å². The Hall–Kier alpha value is -4.01. The number of urea groups is 1. The lowest BCUT2D eigenvalue weighted by atomic mass is 9.98. The predicted molar refractivity (Wildman–Crippen MR) is 150 cm³/mol. The minimum absolute atomic E-state index is 0.0350. The molecule has 0 aliphatic heterocycles. The predicted octanol–water partition coefficient (Wildman–Crippen LogP) is 2.22. The molecule has 3 aromatic rings. The summed E-state index contributed by atoms with van der Waals surface area (Å²) in [4.78, 5) is 31.9. The lowest BCUT2D eigenvalue weighted by Crippen LogP contribution is -2.37. The van der Waals surface area contributed by atoms with Gasteiger partial charge in [0.1, 0.15) is 5.69 Å². The highest BCUT2D eigenvalue weighted by molar-refractivity contribution is 7.90. The van der Waals surface area contributed by atoms with Gasteiger partial charge >= 0.3 is 6.03 Å². The molecule has 1 aromatic carbocycles. The van der Waals surface area contributed by atoms with E-state index in [1.54, 1.807) is 18.3 Å². The largest absolute Gasteiger partial charge is 0.481 e. The van der Waals surface area contributed by atoms with Crippen molar-refractivity contribution in [2.45, 2.75) is 24.3 Å². The van der Waals surface area contributed by atoms with E-state index in [0.717, 1.165) is 42.0 Å². The SMILES string of the molecule is COCCN(CCOC)C(=O)c1cc(S(=O)(=O)NC(=O)Nc2c(-c3ccnc(OC)c3)ccc3c2CCC3)nn1C. The number of carbonyl (C=O) groups excluding carboxylic acids is 2. The zero-order valence-corrected chi connectivity index (χ0v) is 24.3. The number of amides is 3. The number of nitrogens with one attached hydrogen (secondary N) is 2. The van der Waals surface area contributed by atoms with Crippen molar-refractivity contribution in [3.63, 3.8) is 0 Å². The normalized spacial score (nSPS) is 12.6. The van der Waals surface area contributed by atoms with Gasteiger partial charge in [0.25, 0.3) is 15.9 Å². The second kappa shape index (κ2) is 13.1. The average molecular weight is 587 g/mol. The first kappa shape index (κ1) is 30.0. The zero-order valence-electron chi connectivity index (χ0n) is 23.5. The minimum Gasteiger partial charge on any atom is -0.481 e. The number of sulfonamides is 1. The lowest BCUT2D eigenvalue weighted by Gasteiger charge is -2.21. The molecule has 2 N–H and O–H groups in total. The van der Waals surface area contributed by atoms with Crippen LogP contribution in [0.1, 0.15) is 28.0 Å². The number of aromatic nitrogens is 3. The Kier molecular flexibility index (Phi) is 9.57. The highest BCUT2D eigenvalue weighted by Gasteiger charge is 2.28. The van der Waals surface area contributed by atoms with Crippen molar-refractivity contribution in [1.29, 1.82) is 0 Å². The van der Waals surface area contributed by atoms with Gasteiger partial charge in [-0.2, -0.15) is 13.5 Å². The van der Waals surface area contributed by atoms with E-state index < -0.39 is 27.0 Å². The number of anilines is 1. The van der Waals surface area contributed by atoms with E-state index in [2.05, 4.69) is 15.4 Å². The molecule has 0 atom stereocenters. The number of hydrogen-bond acceptors (Lipinski definition) is 9. The third-order valence-electron chi connectivity index (χ3n) is 6.77. The van der Waals surface area contributed by atoms with E-state index in [-0.39, 0.29) is 32.0 Å². The van der Waals surface area contributed by atoms with E-state index in [1.807, 2.05) is 16.9 Å². The number of pyridine rings is 1. The van der Waals surface area contributed by atoms with Gasteiger partial charge in [-0.3, -0.25) is 9.48 Å². The van der Waals surface area contributed by atoms with Crippen LogP contribution in [0.4, 0.5) is 10.5 Å². The highest BCUT2D eigenvalue weighted by atomic mass is 32.2. The summed E-state index contributed by atoms with van der Waals surface area (Å²) in [5, 5.41) is 6.29. The maximum Gasteiger partial charge on any atom is 0.333 e. The van der Waals surface area contributed by atoms with E-state index in [4.69, 9.17) is 14.2 Å². The van der Waals surface area contributed by atoms with Gasteiger partial charge in [-0.05, 0) is 42.0 Å². The average Bonchev–Trinajstić information content (AvgIpc) is 3.60. The molecule has 0 saturated carbocycles. The molecular weight excluding hydrogens is 552 g/mol. The van der Waals surface area contributed by atoms with E-state index in [9.17, 15) is 18.0 Å². The monoisotopic (exact) mass is 586 g/mol. The smallest absolute Gasteiger partial charge is 0.333 e. The van der Waals surface area contributed by atoms with Crippen molar-refractivity contribution < 1.29 is 32.2 Å². The summed E-state index contributed by atoms with van der Waals surface area (Å²) >= 11 is 0. The molecule has 2 heterocycles. The summed E-state index contributed by atoms with van der Waals surface area (Å²) < 4.78 is 44.9. The number of carbonyl (C=O) groups is 2. The van der Waals surface area contributed by atoms with E-state index >= 15 is 0 Å². The Labute approximate surface area is 238 Å². The number of benzene rings is 1. The Morgan fingerprint density at radius 1 is 1.05 bits per heavy atom. The van der Waals surface area contributed by atoms with Gasteiger partial charge < -0.3 is 24.4 Å². The summed E-state index contributed by atoms with van der Waals surface area (Å²) in [5.41, 5.74) is 4.05. The molecule has 0 bridgehead atoms. The molecule has 0 saturated heterocycles. The summed E-state index contributed by atoms with van der Waals surface area (Å²) in [7, 11) is 1.59. The van der Waals surface area contributed by atoms with Crippen LogP contribution in [0.25, 0.3) is 11.1 Å². The molecule has 41 heavy (non-hydrogen) atoms. The third kappa shape index (κ3) is 6.84. The van der Waals surface area contributed by atoms with Gasteiger partial charge in [-0.25, -0.2) is 14.5 Å². The molecular formula is C27H34N6O7S. The van der Waals surface area contributed by atoms with Crippen molar-refractivity contribution in [2.75, 3.05) is 52.9 Å². The molecule has 1 aliphatic carbocycles. The van der Waals surface area contributed by atoms with Crippen LogP contribution in [0.2, 0.25) is 0 Å². The fraction of sp³-hybridized carbons (Fsp3) is 0.407. The number of ether oxygens (including phenoxy) is 3. The Balaban J connectivity index is 1.57. The molecule has 220 valence electrons. The Morgan fingerprint density at radius 2 is 1.78 bits per heavy atom. The molecule has 0 fully saturated rings. The summed E-state index contributed by atoms with van der Waals surface area (Å²) in [6, 6.07) is 7.62. The number of hydrogen-bond donors (Lipinski definition) is 2. The molecule has 0 radical (unpaired) electrons. The van der Waals surface area contributed by atoms with Crippen molar-refractivity contribution in [3.8, 4) is 17.0 Å². The van der Waals surface area contributed by atoms with Crippen molar-refractivity contribution >= 4 is 27.6 Å². The van der Waals surface area contributed by atoms with Crippen molar-refractivity contribution in [1.82, 2.24) is 24.4 Å². The maximum absolute atomic E-state index is 13.2. The lowest BCUT2D eigenvalue weighted by molar-refractivity contribution is 0.0617. The first-order valence-corrected chi connectivity index (χ1v) is 14.5. The van der Waals surface area contributed by atoms with Gasteiger partial charge in [-0.1, -0.05) is 12.1 Å². The minimum atomic E-state index is -4.42. The van der Waals surface area contributed by atoms with Crippen LogP contribution in [0.3, 0.4) is 0 Å². The third-order valence-corrected chi connectivity index (χ3v) is 7.98. The van der Waals surface area contributed by atoms with Gasteiger partial charge in [0.15, 0.2) is 5.03 Å². The van der Waals surface area contributed by atoms with Crippen LogP contribution < -0.4 is 14.8 Å². The van der Waals surface area contributed by atoms with Crippen molar-refractivity contribution in [2.24, 2.45) is 7.05 Å². The second-order valence-electron chi connectivity index (χ2n) is 9.40. The number of fused-ring (bicyclic) bond motifs is 1. The van der Waals surface area contributed by atoms with Crippen LogP contribution in [-0.2, 0) is 39.4 Å². The molecule has 14 heteroatoms. The van der Waals surface area contributed by atoms with Gasteiger partial charge in [-0.15, -0.1) is 0 Å². The number of methoxy groups -OCH3 is 3. The van der Waals surface area contributed by atoms with E-state index in [0.29, 0.717) is 17.1 Å². The number of rotatable bonds is 12. The number of aryl methyl sites for hydroxylation is 2. The summed E-state index contributed by atoms with van der Waals surface area (Å²) in [6.07, 6.45) is 4.12. The van der Waals surface area contributed by atoms with Crippen molar-refractivity contribution in [3.05, 3.63) is 53.3 Å². The topological polar surface area (TPSA) is 154 Å². The van der Waals surface area contributed by atoms with Gasteiger partial charge in [0.2, 0.25) is 5.88 Å². The van der Waals surface area contributed by atoms with Crippen LogP contribution in [0.15, 0.2) is 41.6 Å². The summed E-state index contributed by atoms with van der Waals surface area (Å²) in [6.45, 7) is 1.13. The molecule has 2 aromatic heterocycles. The second-order valence-corrected chi connectivity index (χ2v) is 11.0. The van der Waals surface area contributed by atoms with Gasteiger partial charge in [0, 0.05) is 58.2 Å². The quantitative estimate of drug-likeness (QED) is 0.325. The van der Waals surface area contributed by atoms with Crippen LogP contribution in [0, 0.1) is 0 Å². The fourth-order valence-electron chi connectivity index (χ4n) is 4.70. The molecule has 0 unspecified atom stereocenters. The van der Waals surface area contributed by atoms with Crippen LogP contribution in [0.5, 0.6) is 5.88 Å². The Morgan fingerprint density at radius 3 is 2.46 bits per heavy atom. The Bertz CT molecular complexity index is 1510. The molecule has 3 amide bonds.